The zero-order valence-electron chi connectivity index (χ0n) is 11.3. The maximum atomic E-state index is 11.9. The molecule has 1 amide bonds. The first kappa shape index (κ1) is 13.8. The first-order valence-electron chi connectivity index (χ1n) is 7.11. The van der Waals surface area contributed by atoms with Gasteiger partial charge in [-0.05, 0) is 47.5 Å². The zero-order valence-corrected chi connectivity index (χ0v) is 12.9. The third kappa shape index (κ3) is 3.48. The van der Waals surface area contributed by atoms with E-state index < -0.39 is 0 Å². The molecule has 1 aromatic heterocycles. The number of likely N-dealkylation sites (tertiary alicyclic amines) is 1. The third-order valence-electron chi connectivity index (χ3n) is 3.90. The van der Waals surface area contributed by atoms with Gasteiger partial charge in [-0.15, -0.1) is 0 Å². The first-order chi connectivity index (χ1) is 9.72. The normalized spacial score (nSPS) is 19.9. The number of hydrogen-bond donors (Lipinski definition) is 0. The number of hydrogen-bond acceptors (Lipinski definition) is 4. The molecule has 0 N–H and O–H groups in total. The topological polar surface area (TPSA) is 55.3 Å². The number of carbonyl (C=O) groups is 1. The molecule has 5 nitrogen and oxygen atoms in total. The molecular formula is C14H18BrN3O2. The number of nitrogens with zero attached hydrogens (tertiary/aromatic N) is 3. The Morgan fingerprint density at radius 3 is 2.50 bits per heavy atom. The molecule has 0 radical (unpaired) electrons. The van der Waals surface area contributed by atoms with E-state index in [0.29, 0.717) is 30.4 Å². The fourth-order valence-electron chi connectivity index (χ4n) is 2.48. The van der Waals surface area contributed by atoms with E-state index in [2.05, 4.69) is 25.9 Å². The van der Waals surface area contributed by atoms with Crippen LogP contribution in [0.2, 0.25) is 0 Å². The Morgan fingerprint density at radius 2 is 1.90 bits per heavy atom. The van der Waals surface area contributed by atoms with Crippen LogP contribution in [0.3, 0.4) is 0 Å². The van der Waals surface area contributed by atoms with Crippen molar-refractivity contribution in [2.45, 2.75) is 25.7 Å². The van der Waals surface area contributed by atoms with Gasteiger partial charge in [-0.3, -0.25) is 4.79 Å². The molecule has 0 aromatic carbocycles. The molecule has 6 heteroatoms. The minimum Gasteiger partial charge on any atom is -0.463 e. The average molecular weight is 340 g/mol. The van der Waals surface area contributed by atoms with E-state index in [9.17, 15) is 4.79 Å². The molecule has 0 atom stereocenters. The summed E-state index contributed by atoms with van der Waals surface area (Å²) >= 11 is 3.29. The molecule has 2 heterocycles. The van der Waals surface area contributed by atoms with E-state index in [1.165, 1.54) is 0 Å². The lowest BCUT2D eigenvalue weighted by atomic mass is 9.97. The Balaban J connectivity index is 1.42. The molecule has 1 saturated heterocycles. The summed E-state index contributed by atoms with van der Waals surface area (Å²) < 4.78 is 6.45. The van der Waals surface area contributed by atoms with E-state index in [4.69, 9.17) is 4.74 Å². The third-order valence-corrected chi connectivity index (χ3v) is 4.31. The van der Waals surface area contributed by atoms with Gasteiger partial charge in [-0.1, -0.05) is 0 Å². The molecule has 1 aliphatic heterocycles. The van der Waals surface area contributed by atoms with Crippen LogP contribution in [0.4, 0.5) is 0 Å². The highest BCUT2D eigenvalue weighted by atomic mass is 79.9. The van der Waals surface area contributed by atoms with Gasteiger partial charge in [0.15, 0.2) is 0 Å². The molecule has 2 fully saturated rings. The smallest absolute Gasteiger partial charge is 0.316 e. The molecule has 0 spiro atoms. The fourth-order valence-corrected chi connectivity index (χ4v) is 2.68. The summed E-state index contributed by atoms with van der Waals surface area (Å²) in [5.74, 6) is 1.19. The number of halogens is 1. The molecular weight excluding hydrogens is 322 g/mol. The lowest BCUT2D eigenvalue weighted by Gasteiger charge is -2.31. The van der Waals surface area contributed by atoms with Crippen LogP contribution in [0.15, 0.2) is 16.9 Å². The molecule has 1 aliphatic carbocycles. The number of ether oxygens (including phenoxy) is 1. The standard InChI is InChI=1S/C14H18BrN3O2/c15-12-7-16-14(17-8-12)20-9-10-3-5-18(6-4-10)13(19)11-1-2-11/h7-8,10-11H,1-6,9H2. The molecule has 3 rings (SSSR count). The number of carbonyl (C=O) groups excluding carboxylic acids is 1. The summed E-state index contributed by atoms with van der Waals surface area (Å²) in [4.78, 5) is 22.2. The van der Waals surface area contributed by atoms with Crippen molar-refractivity contribution in [3.8, 4) is 6.01 Å². The van der Waals surface area contributed by atoms with Crippen molar-refractivity contribution in [1.29, 1.82) is 0 Å². The van der Waals surface area contributed by atoms with Crippen molar-refractivity contribution >= 4 is 21.8 Å². The van der Waals surface area contributed by atoms with Gasteiger partial charge in [-0.25, -0.2) is 9.97 Å². The minimum atomic E-state index is 0.332. The molecule has 1 aromatic rings. The van der Waals surface area contributed by atoms with E-state index >= 15 is 0 Å². The van der Waals surface area contributed by atoms with Crippen LogP contribution in [0.1, 0.15) is 25.7 Å². The van der Waals surface area contributed by atoms with Crippen LogP contribution in [0.5, 0.6) is 6.01 Å². The van der Waals surface area contributed by atoms with E-state index in [0.717, 1.165) is 43.2 Å². The van der Waals surface area contributed by atoms with Crippen molar-refractivity contribution < 1.29 is 9.53 Å². The van der Waals surface area contributed by atoms with Gasteiger partial charge >= 0.3 is 6.01 Å². The second-order valence-corrected chi connectivity index (χ2v) is 6.45. The highest BCUT2D eigenvalue weighted by Crippen LogP contribution is 2.32. The van der Waals surface area contributed by atoms with Crippen LogP contribution in [-0.2, 0) is 4.79 Å². The number of amides is 1. The van der Waals surface area contributed by atoms with Crippen molar-refractivity contribution in [3.63, 3.8) is 0 Å². The summed E-state index contributed by atoms with van der Waals surface area (Å²) in [6, 6.07) is 0.421. The van der Waals surface area contributed by atoms with Gasteiger partial charge in [0.1, 0.15) is 0 Å². The van der Waals surface area contributed by atoms with Gasteiger partial charge in [0.05, 0.1) is 11.1 Å². The van der Waals surface area contributed by atoms with Gasteiger partial charge < -0.3 is 9.64 Å². The predicted molar refractivity (Wildman–Crippen MR) is 77.3 cm³/mol. The minimum absolute atomic E-state index is 0.332. The molecule has 1 saturated carbocycles. The van der Waals surface area contributed by atoms with Crippen LogP contribution in [0, 0.1) is 11.8 Å². The SMILES string of the molecule is O=C(C1CC1)N1CCC(COc2ncc(Br)cn2)CC1. The summed E-state index contributed by atoms with van der Waals surface area (Å²) in [7, 11) is 0. The van der Waals surface area contributed by atoms with Crippen LogP contribution >= 0.6 is 15.9 Å². The summed E-state index contributed by atoms with van der Waals surface area (Å²) in [5, 5.41) is 0. The van der Waals surface area contributed by atoms with Crippen molar-refractivity contribution in [2.75, 3.05) is 19.7 Å². The van der Waals surface area contributed by atoms with Crippen LogP contribution in [-0.4, -0.2) is 40.5 Å². The molecule has 0 unspecified atom stereocenters. The molecule has 20 heavy (non-hydrogen) atoms. The fraction of sp³-hybridized carbons (Fsp3) is 0.643. The van der Waals surface area contributed by atoms with Crippen LogP contribution in [0.25, 0.3) is 0 Å². The monoisotopic (exact) mass is 339 g/mol. The number of piperidine rings is 1. The number of aromatic nitrogens is 2. The second kappa shape index (κ2) is 6.08. The van der Waals surface area contributed by atoms with Crippen molar-refractivity contribution in [3.05, 3.63) is 16.9 Å². The van der Waals surface area contributed by atoms with Gasteiger partial charge in [0, 0.05) is 31.4 Å². The first-order valence-corrected chi connectivity index (χ1v) is 7.91. The highest BCUT2D eigenvalue weighted by molar-refractivity contribution is 9.10. The average Bonchev–Trinajstić information content (AvgIpc) is 3.31. The Bertz CT molecular complexity index is 468. The van der Waals surface area contributed by atoms with Crippen molar-refractivity contribution in [1.82, 2.24) is 14.9 Å². The van der Waals surface area contributed by atoms with E-state index in [1.807, 2.05) is 4.90 Å². The quantitative estimate of drug-likeness (QED) is 0.844. The molecule has 2 aliphatic rings. The largest absolute Gasteiger partial charge is 0.463 e. The highest BCUT2D eigenvalue weighted by Gasteiger charge is 2.34. The zero-order chi connectivity index (χ0) is 13.9. The Morgan fingerprint density at radius 1 is 1.25 bits per heavy atom. The van der Waals surface area contributed by atoms with Crippen LogP contribution < -0.4 is 4.74 Å². The van der Waals surface area contributed by atoms with Gasteiger partial charge in [0.2, 0.25) is 5.91 Å². The van der Waals surface area contributed by atoms with Gasteiger partial charge in [0.25, 0.3) is 0 Å². The number of rotatable bonds is 4. The second-order valence-electron chi connectivity index (χ2n) is 5.54. The molecule has 0 bridgehead atoms. The summed E-state index contributed by atoms with van der Waals surface area (Å²) in [6.07, 6.45) is 7.55. The van der Waals surface area contributed by atoms with E-state index in [-0.39, 0.29) is 0 Å². The van der Waals surface area contributed by atoms with E-state index in [1.54, 1.807) is 12.4 Å². The summed E-state index contributed by atoms with van der Waals surface area (Å²) in [6.45, 7) is 2.36. The maximum absolute atomic E-state index is 11.9. The maximum Gasteiger partial charge on any atom is 0.316 e. The Labute approximate surface area is 126 Å². The Kier molecular flexibility index (Phi) is 4.19. The van der Waals surface area contributed by atoms with Crippen molar-refractivity contribution in [2.24, 2.45) is 11.8 Å². The van der Waals surface area contributed by atoms with Gasteiger partial charge in [-0.2, -0.15) is 0 Å². The lowest BCUT2D eigenvalue weighted by Crippen LogP contribution is -2.40. The predicted octanol–water partition coefficient (Wildman–Crippen LogP) is 2.27. The lowest BCUT2D eigenvalue weighted by molar-refractivity contribution is -0.134. The summed E-state index contributed by atoms with van der Waals surface area (Å²) in [5.41, 5.74) is 0. The Hall–Kier alpha value is -1.17. The molecule has 108 valence electrons.